The molecule has 3 nitrogen and oxygen atoms in total. The van der Waals surface area contributed by atoms with E-state index in [1.807, 2.05) is 0 Å². The Balaban J connectivity index is 2.25. The van der Waals surface area contributed by atoms with Crippen molar-refractivity contribution in [3.05, 3.63) is 0 Å². The highest BCUT2D eigenvalue weighted by Crippen LogP contribution is 2.31. The van der Waals surface area contributed by atoms with Gasteiger partial charge in [-0.15, -0.1) is 0 Å². The summed E-state index contributed by atoms with van der Waals surface area (Å²) in [5, 5.41) is 8.61. The third kappa shape index (κ3) is 3.66. The highest BCUT2D eigenvalue weighted by atomic mass is 16.4. The predicted molar refractivity (Wildman–Crippen MR) is 56.0 cm³/mol. The van der Waals surface area contributed by atoms with Crippen molar-refractivity contribution in [2.24, 2.45) is 17.6 Å². The third-order valence-corrected chi connectivity index (χ3v) is 3.32. The number of aliphatic carboxylic acids is 1. The highest BCUT2D eigenvalue weighted by Gasteiger charge is 2.22. The van der Waals surface area contributed by atoms with Gasteiger partial charge >= 0.3 is 5.97 Å². The van der Waals surface area contributed by atoms with E-state index in [1.54, 1.807) is 0 Å². The first kappa shape index (κ1) is 11.5. The highest BCUT2D eigenvalue weighted by molar-refractivity contribution is 5.67. The molecule has 0 radical (unpaired) electrons. The lowest BCUT2D eigenvalue weighted by molar-refractivity contribution is -0.137. The summed E-state index contributed by atoms with van der Waals surface area (Å²) in [5.41, 5.74) is 5.82. The first-order valence-electron chi connectivity index (χ1n) is 5.57. The molecule has 0 spiro atoms. The fourth-order valence-corrected chi connectivity index (χ4v) is 2.35. The number of rotatable bonds is 5. The quantitative estimate of drug-likeness (QED) is 0.712. The van der Waals surface area contributed by atoms with Gasteiger partial charge in [-0.05, 0) is 18.3 Å². The van der Waals surface area contributed by atoms with Crippen molar-refractivity contribution in [2.75, 3.05) is 0 Å². The molecule has 3 N–H and O–H groups in total. The molecule has 3 heteroatoms. The minimum atomic E-state index is -0.782. The molecule has 0 saturated heterocycles. The van der Waals surface area contributed by atoms with Crippen molar-refractivity contribution < 1.29 is 9.90 Å². The van der Waals surface area contributed by atoms with Gasteiger partial charge in [-0.3, -0.25) is 4.79 Å². The van der Waals surface area contributed by atoms with E-state index in [9.17, 15) is 4.79 Å². The molecule has 1 rings (SSSR count). The average Bonchev–Trinajstić information content (AvgIpc) is 2.55. The Hall–Kier alpha value is -0.570. The largest absolute Gasteiger partial charge is 0.481 e. The smallest absolute Gasteiger partial charge is 0.304 e. The van der Waals surface area contributed by atoms with Gasteiger partial charge in [0, 0.05) is 6.04 Å². The lowest BCUT2D eigenvalue weighted by Crippen LogP contribution is -2.31. The van der Waals surface area contributed by atoms with E-state index in [1.165, 1.54) is 25.7 Å². The summed E-state index contributed by atoms with van der Waals surface area (Å²) in [4.78, 5) is 10.5. The minimum Gasteiger partial charge on any atom is -0.481 e. The Morgan fingerprint density at radius 3 is 2.57 bits per heavy atom. The van der Waals surface area contributed by atoms with Crippen LogP contribution in [0.1, 0.15) is 45.4 Å². The normalized spacial score (nSPS) is 22.1. The molecule has 0 aromatic heterocycles. The van der Waals surface area contributed by atoms with Crippen molar-refractivity contribution in [1.82, 2.24) is 0 Å². The van der Waals surface area contributed by atoms with Gasteiger partial charge in [0.1, 0.15) is 0 Å². The lowest BCUT2D eigenvalue weighted by atomic mass is 9.88. The molecule has 0 unspecified atom stereocenters. The van der Waals surface area contributed by atoms with E-state index < -0.39 is 5.97 Å². The molecule has 0 bridgehead atoms. The number of carbonyl (C=O) groups is 1. The second kappa shape index (κ2) is 5.35. The van der Waals surface area contributed by atoms with Gasteiger partial charge in [0.05, 0.1) is 6.42 Å². The van der Waals surface area contributed by atoms with E-state index >= 15 is 0 Å². The second-order valence-corrected chi connectivity index (χ2v) is 4.63. The van der Waals surface area contributed by atoms with E-state index in [0.717, 1.165) is 12.3 Å². The summed E-state index contributed by atoms with van der Waals surface area (Å²) in [6.45, 7) is 2.08. The van der Waals surface area contributed by atoms with Crippen LogP contribution in [0.3, 0.4) is 0 Å². The standard InChI is InChI=1S/C11H21NO2/c1-8(10(12)7-11(13)14)6-9-4-2-3-5-9/h8-10H,2-7,12H2,1H3,(H,13,14)/t8-,10+/m0/s1. The molecule has 1 aliphatic rings. The summed E-state index contributed by atoms with van der Waals surface area (Å²) in [5.74, 6) is 0.356. The molecule has 1 aliphatic carbocycles. The number of hydrogen-bond acceptors (Lipinski definition) is 2. The van der Waals surface area contributed by atoms with Gasteiger partial charge in [-0.25, -0.2) is 0 Å². The van der Waals surface area contributed by atoms with E-state index in [2.05, 4.69) is 6.92 Å². The van der Waals surface area contributed by atoms with E-state index in [0.29, 0.717) is 5.92 Å². The van der Waals surface area contributed by atoms with Crippen LogP contribution in [0.5, 0.6) is 0 Å². The third-order valence-electron chi connectivity index (χ3n) is 3.32. The van der Waals surface area contributed by atoms with Crippen molar-refractivity contribution in [1.29, 1.82) is 0 Å². The maximum Gasteiger partial charge on any atom is 0.304 e. The fourth-order valence-electron chi connectivity index (χ4n) is 2.35. The first-order valence-corrected chi connectivity index (χ1v) is 5.57. The first-order chi connectivity index (χ1) is 6.59. The Kier molecular flexibility index (Phi) is 4.39. The molecule has 14 heavy (non-hydrogen) atoms. The molecule has 0 aromatic carbocycles. The zero-order valence-corrected chi connectivity index (χ0v) is 8.91. The van der Waals surface area contributed by atoms with Gasteiger partial charge in [-0.2, -0.15) is 0 Å². The maximum absolute atomic E-state index is 10.5. The van der Waals surface area contributed by atoms with Crippen LogP contribution in [0, 0.1) is 11.8 Å². The molecule has 2 atom stereocenters. The Labute approximate surface area is 85.7 Å². The van der Waals surface area contributed by atoms with Gasteiger partial charge < -0.3 is 10.8 Å². The Morgan fingerprint density at radius 1 is 1.50 bits per heavy atom. The van der Waals surface area contributed by atoms with Crippen LogP contribution in [-0.2, 0) is 4.79 Å². The zero-order valence-electron chi connectivity index (χ0n) is 8.91. The van der Waals surface area contributed by atoms with Gasteiger partial charge in [-0.1, -0.05) is 32.6 Å². The van der Waals surface area contributed by atoms with Crippen molar-refractivity contribution in [3.63, 3.8) is 0 Å². The average molecular weight is 199 g/mol. The molecule has 0 amide bonds. The van der Waals surface area contributed by atoms with Crippen LogP contribution in [-0.4, -0.2) is 17.1 Å². The molecule has 0 aliphatic heterocycles. The van der Waals surface area contributed by atoms with Crippen LogP contribution >= 0.6 is 0 Å². The zero-order chi connectivity index (χ0) is 10.6. The van der Waals surface area contributed by atoms with E-state index in [-0.39, 0.29) is 12.5 Å². The van der Waals surface area contributed by atoms with E-state index in [4.69, 9.17) is 10.8 Å². The number of carboxylic acids is 1. The van der Waals surface area contributed by atoms with Crippen molar-refractivity contribution in [2.45, 2.75) is 51.5 Å². The van der Waals surface area contributed by atoms with Gasteiger partial charge in [0.15, 0.2) is 0 Å². The monoisotopic (exact) mass is 199 g/mol. The second-order valence-electron chi connectivity index (χ2n) is 4.63. The fraction of sp³-hybridized carbons (Fsp3) is 0.909. The molecular weight excluding hydrogens is 178 g/mol. The summed E-state index contributed by atoms with van der Waals surface area (Å²) < 4.78 is 0. The molecule has 1 saturated carbocycles. The Morgan fingerprint density at radius 2 is 2.07 bits per heavy atom. The van der Waals surface area contributed by atoms with Gasteiger partial charge in [0.25, 0.3) is 0 Å². The summed E-state index contributed by atoms with van der Waals surface area (Å²) in [6.07, 6.45) is 6.51. The number of hydrogen-bond donors (Lipinski definition) is 2. The topological polar surface area (TPSA) is 63.3 Å². The van der Waals surface area contributed by atoms with Crippen LogP contribution in [0.25, 0.3) is 0 Å². The lowest BCUT2D eigenvalue weighted by Gasteiger charge is -2.21. The predicted octanol–water partition coefficient (Wildman–Crippen LogP) is 2.00. The number of nitrogens with two attached hydrogens (primary N) is 1. The minimum absolute atomic E-state index is 0.105. The molecule has 1 fully saturated rings. The van der Waals surface area contributed by atoms with Crippen LogP contribution in [0.2, 0.25) is 0 Å². The summed E-state index contributed by atoms with van der Waals surface area (Å²) >= 11 is 0. The van der Waals surface area contributed by atoms with Gasteiger partial charge in [0.2, 0.25) is 0 Å². The van der Waals surface area contributed by atoms with Crippen LogP contribution in [0.4, 0.5) is 0 Å². The maximum atomic E-state index is 10.5. The SMILES string of the molecule is C[C@@H](CC1CCCC1)[C@H](N)CC(=O)O. The Bertz CT molecular complexity index is 188. The molecular formula is C11H21NO2. The van der Waals surface area contributed by atoms with Crippen LogP contribution in [0.15, 0.2) is 0 Å². The van der Waals surface area contributed by atoms with Crippen molar-refractivity contribution >= 4 is 5.97 Å². The molecule has 82 valence electrons. The van der Waals surface area contributed by atoms with Crippen molar-refractivity contribution in [3.8, 4) is 0 Å². The molecule has 0 heterocycles. The molecule has 0 aromatic rings. The summed E-state index contributed by atoms with van der Waals surface area (Å²) in [7, 11) is 0. The number of carboxylic acid groups (broad SMARTS) is 1. The summed E-state index contributed by atoms with van der Waals surface area (Å²) in [6, 6.07) is -0.173. The van der Waals surface area contributed by atoms with Crippen LogP contribution < -0.4 is 5.73 Å².